The van der Waals surface area contributed by atoms with Gasteiger partial charge >= 0.3 is 19.5 Å². The van der Waals surface area contributed by atoms with Gasteiger partial charge < -0.3 is 42.2 Å². The largest absolute Gasteiger partial charge is 2.00 e. The number of halogens is 2. The number of amides is 2. The van der Waals surface area contributed by atoms with Crippen molar-refractivity contribution in [2.45, 2.75) is 0 Å². The van der Waals surface area contributed by atoms with Crippen molar-refractivity contribution in [3.05, 3.63) is 129 Å². The third kappa shape index (κ3) is 16.7. The minimum absolute atomic E-state index is 0. The molecule has 2 aromatic heterocycles. The molecule has 0 aliphatic heterocycles. The minimum Gasteiger partial charge on any atom is -0.545 e. The first kappa shape index (κ1) is 41.6. The van der Waals surface area contributed by atoms with E-state index >= 15 is 0 Å². The quantitative estimate of drug-likeness (QED) is 0.214. The van der Waals surface area contributed by atoms with Crippen LogP contribution in [0.4, 0.5) is 0 Å². The summed E-state index contributed by atoms with van der Waals surface area (Å²) >= 11 is 6.15. The summed E-state index contributed by atoms with van der Waals surface area (Å²) in [6, 6.07) is 19.7. The fourth-order valence-electron chi connectivity index (χ4n) is 2.27. The van der Waals surface area contributed by atoms with Gasteiger partial charge in [-0.2, -0.15) is 0 Å². The predicted molar refractivity (Wildman–Crippen MR) is 152 cm³/mol. The van der Waals surface area contributed by atoms with Crippen LogP contribution in [-0.4, -0.2) is 33.7 Å². The molecule has 0 fully saturated rings. The fourth-order valence-corrected chi connectivity index (χ4v) is 3.16. The van der Waals surface area contributed by atoms with E-state index in [9.17, 15) is 29.4 Å². The Bertz CT molecular complexity index is 1260. The second kappa shape index (κ2) is 22.9. The molecule has 0 unspecified atom stereocenters. The first-order chi connectivity index (χ1) is 18.0. The van der Waals surface area contributed by atoms with Crippen LogP contribution in [0.15, 0.2) is 107 Å². The smallest absolute Gasteiger partial charge is 0.545 e. The number of pyridine rings is 2. The molecule has 0 saturated heterocycles. The van der Waals surface area contributed by atoms with Crippen LogP contribution in [0.25, 0.3) is 0 Å². The van der Waals surface area contributed by atoms with Crippen LogP contribution in [0.2, 0.25) is 0 Å². The molecule has 41 heavy (non-hydrogen) atoms. The van der Waals surface area contributed by atoms with Crippen LogP contribution >= 0.6 is 31.9 Å². The van der Waals surface area contributed by atoms with Gasteiger partial charge in [-0.15, -0.1) is 0 Å². The van der Waals surface area contributed by atoms with Gasteiger partial charge in [0.2, 0.25) is 11.8 Å². The molecule has 10 N–H and O–H groups in total. The van der Waals surface area contributed by atoms with Crippen LogP contribution in [0.5, 0.6) is 0 Å². The van der Waals surface area contributed by atoms with Crippen molar-refractivity contribution in [1.29, 1.82) is 0 Å². The Morgan fingerprint density at radius 1 is 0.585 bits per heavy atom. The number of nitrogens with zero attached hydrogens (tertiary/aromatic N) is 2. The Kier molecular flexibility index (Phi) is 23.2. The normalized spacial score (nSPS) is 8.44. The van der Waals surface area contributed by atoms with Crippen molar-refractivity contribution in [2.75, 3.05) is 0 Å². The molecule has 2 amide bonds. The maximum absolute atomic E-state index is 10.4. The zero-order valence-electron chi connectivity index (χ0n) is 21.4. The molecule has 0 spiro atoms. The van der Waals surface area contributed by atoms with Crippen molar-refractivity contribution in [3.63, 3.8) is 0 Å². The molecule has 0 atom stereocenters. The number of aromatic nitrogens is 2. The number of carbonyl (C=O) groups is 4. The zero-order valence-corrected chi connectivity index (χ0v) is 27.5. The zero-order chi connectivity index (χ0) is 28.5. The van der Waals surface area contributed by atoms with Gasteiger partial charge in [-0.1, -0.05) is 68.3 Å². The van der Waals surface area contributed by atoms with Gasteiger partial charge in [-0.3, -0.25) is 19.6 Å². The fraction of sp³-hybridized carbons (Fsp3) is 0. The van der Waals surface area contributed by atoms with E-state index in [0.29, 0.717) is 20.1 Å². The van der Waals surface area contributed by atoms with Crippen molar-refractivity contribution in [2.24, 2.45) is 11.5 Å². The molecule has 0 radical (unpaired) electrons. The number of carbonyl (C=O) groups excluding carboxylic acids is 4. The Morgan fingerprint density at radius 2 is 0.902 bits per heavy atom. The van der Waals surface area contributed by atoms with E-state index < -0.39 is 23.8 Å². The third-order valence-electron chi connectivity index (χ3n) is 4.08. The van der Waals surface area contributed by atoms with Gasteiger partial charge in [0.25, 0.3) is 0 Å². The molecule has 2 heterocycles. The Morgan fingerprint density at radius 3 is 1.07 bits per heavy atom. The van der Waals surface area contributed by atoms with Gasteiger partial charge in [-0.25, -0.2) is 0 Å². The summed E-state index contributed by atoms with van der Waals surface area (Å²) in [7, 11) is 0. The van der Waals surface area contributed by atoms with E-state index in [1.54, 1.807) is 73.1 Å². The van der Waals surface area contributed by atoms with Crippen LogP contribution in [0.3, 0.4) is 0 Å². The Balaban J connectivity index is -0.000000459. The molecule has 2 aromatic carbocycles. The van der Waals surface area contributed by atoms with Crippen molar-refractivity contribution in [1.82, 2.24) is 9.97 Å². The van der Waals surface area contributed by atoms with E-state index in [1.165, 1.54) is 24.5 Å². The summed E-state index contributed by atoms with van der Waals surface area (Å²) in [4.78, 5) is 48.7. The molecule has 12 nitrogen and oxygen atoms in total. The predicted octanol–water partition coefficient (Wildman–Crippen LogP) is 0.140. The number of aromatic carboxylic acids is 2. The van der Waals surface area contributed by atoms with Gasteiger partial charge in [-0.05, 0) is 36.4 Å². The SMILES string of the molecule is NC(=O)c1cccnc1.NC(=O)c1cccnc1.O=C([O-])c1ccccc1Br.O=C([O-])c1ccccc1Br.[OH3+].[OH3+].[Zn+2]. The van der Waals surface area contributed by atoms with E-state index in [-0.39, 0.29) is 41.6 Å². The van der Waals surface area contributed by atoms with E-state index in [1.807, 2.05) is 0 Å². The summed E-state index contributed by atoms with van der Waals surface area (Å²) in [5.74, 6) is -3.20. The summed E-state index contributed by atoms with van der Waals surface area (Å²) in [5.41, 5.74) is 11.1. The van der Waals surface area contributed by atoms with Gasteiger partial charge in [0.15, 0.2) is 0 Å². The monoisotopic (exact) mass is 744 g/mol. The standard InChI is InChI=1S/2C7H5BrO2.2C6H6N2O.2H2O.Zn/c2*8-6-4-2-1-3-5(6)7(9)10;2*7-6(9)5-2-1-3-8-4-5;;;/h2*1-4H,(H,9,10);2*1-4H,(H2,7,9);2*1H2;/q;;;;;;+2. The van der Waals surface area contributed by atoms with Crippen LogP contribution in [0, 0.1) is 0 Å². The number of carboxylic acid groups (broad SMARTS) is 2. The van der Waals surface area contributed by atoms with Gasteiger partial charge in [0.1, 0.15) is 0 Å². The second-order valence-corrected chi connectivity index (χ2v) is 8.46. The van der Waals surface area contributed by atoms with Crippen molar-refractivity contribution in [3.8, 4) is 0 Å². The molecule has 0 bridgehead atoms. The number of benzene rings is 2. The van der Waals surface area contributed by atoms with Crippen LogP contribution in [0.1, 0.15) is 41.4 Å². The average Bonchev–Trinajstić information content (AvgIpc) is 2.91. The molecule has 4 aromatic rings. The Labute approximate surface area is 264 Å². The minimum atomic E-state index is -1.16. The number of hydrogen-bond donors (Lipinski definition) is 2. The summed E-state index contributed by atoms with van der Waals surface area (Å²) in [5, 5.41) is 20.6. The van der Waals surface area contributed by atoms with E-state index in [4.69, 9.17) is 11.5 Å². The number of rotatable bonds is 4. The summed E-state index contributed by atoms with van der Waals surface area (Å²) < 4.78 is 1.10. The van der Waals surface area contributed by atoms with E-state index in [2.05, 4.69) is 41.8 Å². The number of hydrogen-bond acceptors (Lipinski definition) is 8. The molecule has 0 saturated carbocycles. The van der Waals surface area contributed by atoms with Gasteiger partial charge in [0, 0.05) is 44.9 Å². The first-order valence-electron chi connectivity index (χ1n) is 10.4. The number of carboxylic acids is 2. The van der Waals surface area contributed by atoms with Crippen LogP contribution < -0.4 is 21.7 Å². The summed E-state index contributed by atoms with van der Waals surface area (Å²) in [6.07, 6.45) is 6.05. The number of nitrogens with two attached hydrogens (primary N) is 2. The first-order valence-corrected chi connectivity index (χ1v) is 11.9. The molecule has 0 aliphatic rings. The molecular weight excluding hydrogens is 722 g/mol. The number of primary amides is 2. The average molecular weight is 748 g/mol. The maximum Gasteiger partial charge on any atom is 2.00 e. The second-order valence-electron chi connectivity index (χ2n) is 6.75. The van der Waals surface area contributed by atoms with Gasteiger partial charge in [0.05, 0.1) is 23.1 Å². The summed E-state index contributed by atoms with van der Waals surface area (Å²) in [6.45, 7) is 0. The topological polar surface area (TPSA) is 258 Å². The molecule has 0 aliphatic carbocycles. The molecule has 15 heteroatoms. The molecular formula is C26H26Br2N4O8Zn+2. The molecule has 4 rings (SSSR count). The van der Waals surface area contributed by atoms with Crippen molar-refractivity contribution < 1.29 is 59.8 Å². The Hall–Kier alpha value is -3.88. The van der Waals surface area contributed by atoms with E-state index in [0.717, 1.165) is 0 Å². The maximum atomic E-state index is 10.4. The van der Waals surface area contributed by atoms with Crippen LogP contribution in [-0.2, 0) is 30.4 Å². The third-order valence-corrected chi connectivity index (χ3v) is 5.46. The van der Waals surface area contributed by atoms with Crippen molar-refractivity contribution >= 4 is 55.6 Å². The molecule has 212 valence electrons.